The van der Waals surface area contributed by atoms with E-state index < -0.39 is 0 Å². The molecule has 0 radical (unpaired) electrons. The fraction of sp³-hybridized carbons (Fsp3) is 0.118. The SMILES string of the molecule is Cc1cc(C)c2nc(NC(=S)NC(=O)c3ccc(Cl)c(Cl)c3)sc2c1. The highest BCUT2D eigenvalue weighted by Crippen LogP contribution is 2.29. The Balaban J connectivity index is 1.73. The maximum atomic E-state index is 12.2. The van der Waals surface area contributed by atoms with Crippen LogP contribution in [0.5, 0.6) is 0 Å². The normalized spacial score (nSPS) is 10.7. The maximum Gasteiger partial charge on any atom is 0.257 e. The van der Waals surface area contributed by atoms with Crippen molar-refractivity contribution in [3.63, 3.8) is 0 Å². The van der Waals surface area contributed by atoms with E-state index >= 15 is 0 Å². The Kier molecular flexibility index (Phi) is 5.24. The van der Waals surface area contributed by atoms with Crippen molar-refractivity contribution in [3.8, 4) is 0 Å². The predicted octanol–water partition coefficient (Wildman–Crippen LogP) is 5.35. The van der Waals surface area contributed by atoms with Crippen LogP contribution in [0.3, 0.4) is 0 Å². The second kappa shape index (κ2) is 7.25. The first kappa shape index (κ1) is 18.1. The number of amides is 1. The van der Waals surface area contributed by atoms with E-state index in [2.05, 4.69) is 27.8 Å². The Morgan fingerprint density at radius 2 is 1.92 bits per heavy atom. The molecule has 0 spiro atoms. The summed E-state index contributed by atoms with van der Waals surface area (Å²) in [7, 11) is 0. The largest absolute Gasteiger partial charge is 0.308 e. The van der Waals surface area contributed by atoms with Gasteiger partial charge in [-0.15, -0.1) is 0 Å². The fourth-order valence-corrected chi connectivity index (χ4v) is 3.96. The zero-order valence-corrected chi connectivity index (χ0v) is 16.5. The van der Waals surface area contributed by atoms with E-state index in [1.54, 1.807) is 12.1 Å². The number of nitrogens with zero attached hydrogens (tertiary/aromatic N) is 1. The van der Waals surface area contributed by atoms with Gasteiger partial charge >= 0.3 is 0 Å². The molecule has 8 heteroatoms. The summed E-state index contributed by atoms with van der Waals surface area (Å²) in [6.07, 6.45) is 0. The van der Waals surface area contributed by atoms with Gasteiger partial charge in [-0.1, -0.05) is 40.6 Å². The zero-order chi connectivity index (χ0) is 18.1. The van der Waals surface area contributed by atoms with Crippen LogP contribution in [0.25, 0.3) is 10.2 Å². The molecule has 0 atom stereocenters. The lowest BCUT2D eigenvalue weighted by Gasteiger charge is -2.07. The summed E-state index contributed by atoms with van der Waals surface area (Å²) in [5.41, 5.74) is 3.58. The van der Waals surface area contributed by atoms with Crippen molar-refractivity contribution in [2.24, 2.45) is 0 Å². The van der Waals surface area contributed by atoms with Gasteiger partial charge in [-0.3, -0.25) is 10.1 Å². The first-order valence-corrected chi connectivity index (χ1v) is 9.27. The second-order valence-electron chi connectivity index (χ2n) is 5.48. The molecule has 3 aromatic rings. The molecule has 2 N–H and O–H groups in total. The van der Waals surface area contributed by atoms with Gasteiger partial charge in [0.25, 0.3) is 5.91 Å². The Morgan fingerprint density at radius 3 is 2.64 bits per heavy atom. The lowest BCUT2D eigenvalue weighted by atomic mass is 10.1. The van der Waals surface area contributed by atoms with Crippen LogP contribution in [0, 0.1) is 13.8 Å². The minimum atomic E-state index is -0.371. The number of anilines is 1. The van der Waals surface area contributed by atoms with Gasteiger partial charge in [-0.2, -0.15) is 0 Å². The van der Waals surface area contributed by atoms with Crippen LogP contribution < -0.4 is 10.6 Å². The van der Waals surface area contributed by atoms with E-state index in [4.69, 9.17) is 35.4 Å². The van der Waals surface area contributed by atoms with Gasteiger partial charge in [0.1, 0.15) is 0 Å². The molecule has 0 aliphatic rings. The molecule has 0 unspecified atom stereocenters. The van der Waals surface area contributed by atoms with Crippen LogP contribution in [0.4, 0.5) is 5.13 Å². The van der Waals surface area contributed by atoms with Crippen LogP contribution in [-0.4, -0.2) is 16.0 Å². The maximum absolute atomic E-state index is 12.2. The molecular formula is C17H13Cl2N3OS2. The molecule has 0 aliphatic carbocycles. The molecule has 0 aliphatic heterocycles. The van der Waals surface area contributed by atoms with E-state index in [1.807, 2.05) is 13.8 Å². The number of carbonyl (C=O) groups is 1. The Morgan fingerprint density at radius 1 is 1.16 bits per heavy atom. The molecular weight excluding hydrogens is 397 g/mol. The number of fused-ring (bicyclic) bond motifs is 1. The minimum Gasteiger partial charge on any atom is -0.308 e. The van der Waals surface area contributed by atoms with Gasteiger partial charge in [-0.25, -0.2) is 4.98 Å². The Hall–Kier alpha value is -1.73. The molecule has 3 rings (SSSR count). The number of nitrogens with one attached hydrogen (secondary N) is 2. The number of benzene rings is 2. The average Bonchev–Trinajstić information content (AvgIpc) is 2.92. The van der Waals surface area contributed by atoms with Gasteiger partial charge in [0.05, 0.1) is 20.3 Å². The summed E-state index contributed by atoms with van der Waals surface area (Å²) in [6, 6.07) is 8.79. The van der Waals surface area contributed by atoms with E-state index in [0.29, 0.717) is 20.7 Å². The lowest BCUT2D eigenvalue weighted by molar-refractivity contribution is 0.0978. The summed E-state index contributed by atoms with van der Waals surface area (Å²) < 4.78 is 1.07. The molecule has 0 saturated carbocycles. The van der Waals surface area contributed by atoms with Crippen LogP contribution in [0.1, 0.15) is 21.5 Å². The van der Waals surface area contributed by atoms with E-state index in [9.17, 15) is 4.79 Å². The number of hydrogen-bond donors (Lipinski definition) is 2. The van der Waals surface area contributed by atoms with E-state index in [1.165, 1.54) is 23.0 Å². The van der Waals surface area contributed by atoms with Crippen molar-refractivity contribution in [1.82, 2.24) is 10.3 Å². The van der Waals surface area contributed by atoms with Crippen LogP contribution in [0.15, 0.2) is 30.3 Å². The fourth-order valence-electron chi connectivity index (χ4n) is 2.37. The third-order valence-corrected chi connectivity index (χ3v) is 5.32. The average molecular weight is 410 g/mol. The Bertz CT molecular complexity index is 1000. The Labute approximate surface area is 164 Å². The lowest BCUT2D eigenvalue weighted by Crippen LogP contribution is -2.34. The molecule has 2 aromatic carbocycles. The molecule has 128 valence electrons. The van der Waals surface area contributed by atoms with Gasteiger partial charge in [0.15, 0.2) is 10.2 Å². The van der Waals surface area contributed by atoms with E-state index in [0.717, 1.165) is 15.8 Å². The van der Waals surface area contributed by atoms with Crippen molar-refractivity contribution >= 4 is 73.1 Å². The molecule has 1 heterocycles. The van der Waals surface area contributed by atoms with Crippen molar-refractivity contribution < 1.29 is 4.79 Å². The number of aryl methyl sites for hydroxylation is 2. The summed E-state index contributed by atoms with van der Waals surface area (Å²) in [4.78, 5) is 16.8. The monoisotopic (exact) mass is 409 g/mol. The number of carbonyl (C=O) groups excluding carboxylic acids is 1. The first-order valence-electron chi connectivity index (χ1n) is 7.28. The zero-order valence-electron chi connectivity index (χ0n) is 13.3. The predicted molar refractivity (Wildman–Crippen MR) is 109 cm³/mol. The molecule has 0 saturated heterocycles. The number of halogens is 2. The topological polar surface area (TPSA) is 54.0 Å². The van der Waals surface area contributed by atoms with Gasteiger partial charge in [0.2, 0.25) is 0 Å². The quantitative estimate of drug-likeness (QED) is 0.560. The van der Waals surface area contributed by atoms with Gasteiger partial charge in [-0.05, 0) is 61.5 Å². The number of hydrogen-bond acceptors (Lipinski definition) is 4. The molecule has 4 nitrogen and oxygen atoms in total. The smallest absolute Gasteiger partial charge is 0.257 e. The highest BCUT2D eigenvalue weighted by atomic mass is 35.5. The number of rotatable bonds is 2. The van der Waals surface area contributed by atoms with Crippen molar-refractivity contribution in [2.45, 2.75) is 13.8 Å². The van der Waals surface area contributed by atoms with E-state index in [-0.39, 0.29) is 11.0 Å². The molecule has 1 aromatic heterocycles. The van der Waals surface area contributed by atoms with Crippen LogP contribution in [0.2, 0.25) is 10.0 Å². The molecule has 0 bridgehead atoms. The first-order chi connectivity index (χ1) is 11.8. The van der Waals surface area contributed by atoms with Gasteiger partial charge < -0.3 is 5.32 Å². The number of thiocarbonyl (C=S) groups is 1. The van der Waals surface area contributed by atoms with Crippen molar-refractivity contribution in [3.05, 3.63) is 57.1 Å². The third-order valence-electron chi connectivity index (χ3n) is 3.46. The molecule has 1 amide bonds. The van der Waals surface area contributed by atoms with Crippen LogP contribution in [-0.2, 0) is 0 Å². The standard InChI is InChI=1S/C17H13Cl2N3OS2/c1-8-5-9(2)14-13(6-8)25-17(20-14)22-16(24)21-15(23)10-3-4-11(18)12(19)7-10/h3-7H,1-2H3,(H2,20,21,22,23,24). The van der Waals surface area contributed by atoms with Crippen molar-refractivity contribution in [1.29, 1.82) is 0 Å². The summed E-state index contributed by atoms with van der Waals surface area (Å²) in [6.45, 7) is 4.06. The number of thiazole rings is 1. The molecule has 25 heavy (non-hydrogen) atoms. The summed E-state index contributed by atoms with van der Waals surface area (Å²) in [5, 5.41) is 7.06. The second-order valence-corrected chi connectivity index (χ2v) is 7.74. The highest BCUT2D eigenvalue weighted by Gasteiger charge is 2.12. The highest BCUT2D eigenvalue weighted by molar-refractivity contribution is 7.80. The minimum absolute atomic E-state index is 0.171. The third kappa shape index (κ3) is 4.10. The number of aromatic nitrogens is 1. The van der Waals surface area contributed by atoms with Crippen molar-refractivity contribution in [2.75, 3.05) is 5.32 Å². The summed E-state index contributed by atoms with van der Waals surface area (Å²) in [5.74, 6) is -0.371. The molecule has 0 fully saturated rings. The van der Waals surface area contributed by atoms with Gasteiger partial charge in [0, 0.05) is 5.56 Å². The summed E-state index contributed by atoms with van der Waals surface area (Å²) >= 11 is 18.5. The van der Waals surface area contributed by atoms with Crippen LogP contribution >= 0.6 is 46.8 Å².